The fourth-order valence-corrected chi connectivity index (χ4v) is 3.00. The Bertz CT molecular complexity index is 678. The highest BCUT2D eigenvalue weighted by molar-refractivity contribution is 5.77. The second-order valence-corrected chi connectivity index (χ2v) is 5.85. The molecule has 1 atom stereocenters. The Morgan fingerprint density at radius 3 is 2.71 bits per heavy atom. The molecule has 1 aliphatic rings. The van der Waals surface area contributed by atoms with Crippen LogP contribution in [0.2, 0.25) is 0 Å². The molecule has 24 heavy (non-hydrogen) atoms. The van der Waals surface area contributed by atoms with Gasteiger partial charge in [-0.25, -0.2) is 4.39 Å². The molecule has 4 nitrogen and oxygen atoms in total. The van der Waals surface area contributed by atoms with Gasteiger partial charge in [0.15, 0.2) is 18.2 Å². The number of anilines is 1. The number of ether oxygens (including phenoxy) is 1. The van der Waals surface area contributed by atoms with Crippen LogP contribution in [0.25, 0.3) is 0 Å². The molecule has 2 aromatic carbocycles. The van der Waals surface area contributed by atoms with Crippen molar-refractivity contribution in [2.75, 3.05) is 24.6 Å². The van der Waals surface area contributed by atoms with Crippen LogP contribution >= 0.6 is 0 Å². The number of halogens is 1. The molecule has 0 aliphatic carbocycles. The Kier molecular flexibility index (Phi) is 5.31. The Morgan fingerprint density at radius 2 is 1.92 bits per heavy atom. The highest BCUT2D eigenvalue weighted by Gasteiger charge is 2.24. The van der Waals surface area contributed by atoms with E-state index in [9.17, 15) is 9.18 Å². The molecule has 5 heteroatoms. The molecule has 3 rings (SSSR count). The zero-order valence-corrected chi connectivity index (χ0v) is 13.5. The van der Waals surface area contributed by atoms with Gasteiger partial charge >= 0.3 is 0 Å². The number of hydrogen-bond acceptors (Lipinski definition) is 3. The predicted octanol–water partition coefficient (Wildman–Crippen LogP) is 2.99. The van der Waals surface area contributed by atoms with Gasteiger partial charge in [-0.05, 0) is 37.1 Å². The van der Waals surface area contributed by atoms with Crippen molar-refractivity contribution in [2.24, 2.45) is 0 Å². The number of para-hydroxylation sites is 2. The van der Waals surface area contributed by atoms with E-state index in [1.54, 1.807) is 12.1 Å². The van der Waals surface area contributed by atoms with Crippen molar-refractivity contribution in [3.05, 3.63) is 60.4 Å². The second kappa shape index (κ2) is 7.81. The van der Waals surface area contributed by atoms with Gasteiger partial charge in [-0.2, -0.15) is 0 Å². The molecule has 0 bridgehead atoms. The van der Waals surface area contributed by atoms with Crippen LogP contribution in [0.4, 0.5) is 10.1 Å². The monoisotopic (exact) mass is 328 g/mol. The summed E-state index contributed by atoms with van der Waals surface area (Å²) in [4.78, 5) is 14.3. The molecule has 0 unspecified atom stereocenters. The molecule has 1 saturated heterocycles. The Hall–Kier alpha value is -2.56. The smallest absolute Gasteiger partial charge is 0.258 e. The van der Waals surface area contributed by atoms with Crippen molar-refractivity contribution < 1.29 is 13.9 Å². The summed E-state index contributed by atoms with van der Waals surface area (Å²) in [5.74, 6) is -0.603. The summed E-state index contributed by atoms with van der Waals surface area (Å²) in [6, 6.07) is 16.6. The van der Waals surface area contributed by atoms with Gasteiger partial charge in [-0.1, -0.05) is 30.3 Å². The highest BCUT2D eigenvalue weighted by atomic mass is 19.1. The molecular weight excluding hydrogens is 307 g/mol. The first-order chi connectivity index (χ1) is 11.7. The van der Waals surface area contributed by atoms with Gasteiger partial charge in [-0.3, -0.25) is 4.79 Å². The van der Waals surface area contributed by atoms with E-state index in [1.165, 1.54) is 17.8 Å². The molecule has 1 amide bonds. The van der Waals surface area contributed by atoms with E-state index in [1.807, 2.05) is 18.2 Å². The normalized spacial score (nSPS) is 16.9. The SMILES string of the molecule is O=C(COc1ccccc1F)NC[C@@H]1CCCN1c1ccccc1. The van der Waals surface area contributed by atoms with Crippen LogP contribution < -0.4 is 15.0 Å². The lowest BCUT2D eigenvalue weighted by atomic mass is 10.2. The highest BCUT2D eigenvalue weighted by Crippen LogP contribution is 2.24. The van der Waals surface area contributed by atoms with E-state index in [0.29, 0.717) is 6.54 Å². The number of carbonyl (C=O) groups is 1. The maximum absolute atomic E-state index is 13.4. The first kappa shape index (κ1) is 16.3. The quantitative estimate of drug-likeness (QED) is 0.886. The van der Waals surface area contributed by atoms with Crippen molar-refractivity contribution in [3.63, 3.8) is 0 Å². The van der Waals surface area contributed by atoms with Crippen molar-refractivity contribution in [1.29, 1.82) is 0 Å². The van der Waals surface area contributed by atoms with Crippen LogP contribution in [0.5, 0.6) is 5.75 Å². The average Bonchev–Trinajstić information content (AvgIpc) is 3.08. The fourth-order valence-electron chi connectivity index (χ4n) is 3.00. The van der Waals surface area contributed by atoms with E-state index in [2.05, 4.69) is 22.3 Å². The van der Waals surface area contributed by atoms with Crippen molar-refractivity contribution >= 4 is 11.6 Å². The Balaban J connectivity index is 1.48. The van der Waals surface area contributed by atoms with E-state index in [-0.39, 0.29) is 24.3 Å². The second-order valence-electron chi connectivity index (χ2n) is 5.85. The van der Waals surface area contributed by atoms with E-state index in [0.717, 1.165) is 19.4 Å². The Morgan fingerprint density at radius 1 is 1.17 bits per heavy atom. The van der Waals surface area contributed by atoms with Crippen molar-refractivity contribution in [2.45, 2.75) is 18.9 Å². The van der Waals surface area contributed by atoms with Crippen LogP contribution in [0.1, 0.15) is 12.8 Å². The number of amides is 1. The summed E-state index contributed by atoms with van der Waals surface area (Å²) in [6.45, 7) is 1.38. The van der Waals surface area contributed by atoms with Gasteiger partial charge in [-0.15, -0.1) is 0 Å². The predicted molar refractivity (Wildman–Crippen MR) is 91.7 cm³/mol. The van der Waals surface area contributed by atoms with Crippen molar-refractivity contribution in [3.8, 4) is 5.75 Å². The number of nitrogens with one attached hydrogen (secondary N) is 1. The number of rotatable bonds is 6. The van der Waals surface area contributed by atoms with E-state index >= 15 is 0 Å². The fraction of sp³-hybridized carbons (Fsp3) is 0.316. The van der Waals surface area contributed by atoms with Crippen LogP contribution in [-0.2, 0) is 4.79 Å². The topological polar surface area (TPSA) is 41.6 Å². The van der Waals surface area contributed by atoms with Gasteiger partial charge in [0, 0.05) is 24.8 Å². The summed E-state index contributed by atoms with van der Waals surface area (Å²) >= 11 is 0. The van der Waals surface area contributed by atoms with Crippen LogP contribution in [0.15, 0.2) is 54.6 Å². The lowest BCUT2D eigenvalue weighted by Gasteiger charge is -2.27. The summed E-state index contributed by atoms with van der Waals surface area (Å²) < 4.78 is 18.7. The molecular formula is C19H21FN2O2. The Labute approximate surface area is 141 Å². The number of carbonyl (C=O) groups excluding carboxylic acids is 1. The molecule has 0 aromatic heterocycles. The molecule has 0 radical (unpaired) electrons. The lowest BCUT2D eigenvalue weighted by Crippen LogP contribution is -2.41. The first-order valence-corrected chi connectivity index (χ1v) is 8.20. The van der Waals surface area contributed by atoms with Crippen LogP contribution in [-0.4, -0.2) is 31.6 Å². The summed E-state index contributed by atoms with van der Waals surface area (Å²) in [5, 5.41) is 2.89. The van der Waals surface area contributed by atoms with Crippen LogP contribution in [0.3, 0.4) is 0 Å². The molecule has 126 valence electrons. The molecule has 0 spiro atoms. The molecule has 1 aliphatic heterocycles. The molecule has 1 heterocycles. The zero-order valence-electron chi connectivity index (χ0n) is 13.5. The minimum absolute atomic E-state index is 0.0967. The van der Waals surface area contributed by atoms with Gasteiger partial charge in [0.2, 0.25) is 0 Å². The lowest BCUT2D eigenvalue weighted by molar-refractivity contribution is -0.123. The maximum atomic E-state index is 13.4. The third-order valence-corrected chi connectivity index (χ3v) is 4.20. The maximum Gasteiger partial charge on any atom is 0.258 e. The van der Waals surface area contributed by atoms with E-state index < -0.39 is 5.82 Å². The summed E-state index contributed by atoms with van der Waals surface area (Å²) in [6.07, 6.45) is 2.16. The van der Waals surface area contributed by atoms with Crippen molar-refractivity contribution in [1.82, 2.24) is 5.32 Å². The van der Waals surface area contributed by atoms with E-state index in [4.69, 9.17) is 4.74 Å². The average molecular weight is 328 g/mol. The minimum Gasteiger partial charge on any atom is -0.481 e. The number of nitrogens with zero attached hydrogens (tertiary/aromatic N) is 1. The molecule has 2 aromatic rings. The largest absolute Gasteiger partial charge is 0.481 e. The molecule has 1 fully saturated rings. The standard InChI is InChI=1S/C19H21FN2O2/c20-17-10-4-5-11-18(17)24-14-19(23)21-13-16-9-6-12-22(16)15-7-2-1-3-8-15/h1-5,7-8,10-11,16H,6,9,12-14H2,(H,21,23)/t16-/m0/s1. The first-order valence-electron chi connectivity index (χ1n) is 8.20. The molecule has 0 saturated carbocycles. The van der Waals surface area contributed by atoms with Gasteiger partial charge in [0.25, 0.3) is 5.91 Å². The van der Waals surface area contributed by atoms with Gasteiger partial charge < -0.3 is 15.0 Å². The number of hydrogen-bond donors (Lipinski definition) is 1. The van der Waals surface area contributed by atoms with Crippen LogP contribution in [0, 0.1) is 5.82 Å². The van der Waals surface area contributed by atoms with Gasteiger partial charge in [0.1, 0.15) is 0 Å². The number of benzene rings is 2. The summed E-state index contributed by atoms with van der Waals surface area (Å²) in [5.41, 5.74) is 1.18. The molecule has 1 N–H and O–H groups in total. The summed E-state index contributed by atoms with van der Waals surface area (Å²) in [7, 11) is 0. The van der Waals surface area contributed by atoms with Gasteiger partial charge in [0.05, 0.1) is 0 Å². The third-order valence-electron chi connectivity index (χ3n) is 4.20. The zero-order chi connectivity index (χ0) is 16.8. The third kappa shape index (κ3) is 4.04. The minimum atomic E-state index is -0.462.